The van der Waals surface area contributed by atoms with E-state index in [2.05, 4.69) is 48.2 Å². The van der Waals surface area contributed by atoms with Crippen molar-refractivity contribution in [2.45, 2.75) is 25.3 Å². The fourth-order valence-corrected chi connectivity index (χ4v) is 4.15. The molecule has 1 amide bonds. The summed E-state index contributed by atoms with van der Waals surface area (Å²) < 4.78 is 0. The SMILES string of the molecule is C[C@@H](c1ccccc1)N1C[C@H]2C[C@H](c3ccccc3)[C@H]2C1=O. The van der Waals surface area contributed by atoms with Crippen LogP contribution in [-0.2, 0) is 4.79 Å². The molecule has 2 aliphatic rings. The Morgan fingerprint density at radius 3 is 2.32 bits per heavy atom. The van der Waals surface area contributed by atoms with Crippen LogP contribution in [0.1, 0.15) is 36.4 Å². The van der Waals surface area contributed by atoms with E-state index >= 15 is 0 Å². The molecule has 1 aliphatic heterocycles. The first-order valence-electron chi connectivity index (χ1n) is 8.16. The summed E-state index contributed by atoms with van der Waals surface area (Å²) in [4.78, 5) is 15.0. The monoisotopic (exact) mass is 291 g/mol. The molecule has 2 nitrogen and oxygen atoms in total. The summed E-state index contributed by atoms with van der Waals surface area (Å²) in [5, 5.41) is 0. The number of carbonyl (C=O) groups excluding carboxylic acids is 1. The Bertz CT molecular complexity index is 667. The normalized spacial score (nSPS) is 28.1. The molecule has 4 atom stereocenters. The van der Waals surface area contributed by atoms with Crippen molar-refractivity contribution in [1.29, 1.82) is 0 Å². The van der Waals surface area contributed by atoms with E-state index in [9.17, 15) is 4.79 Å². The number of rotatable bonds is 3. The van der Waals surface area contributed by atoms with Crippen LogP contribution in [0.2, 0.25) is 0 Å². The lowest BCUT2D eigenvalue weighted by Crippen LogP contribution is -2.36. The Morgan fingerprint density at radius 1 is 1.00 bits per heavy atom. The van der Waals surface area contributed by atoms with Crippen LogP contribution in [0.5, 0.6) is 0 Å². The lowest BCUT2D eigenvalue weighted by atomic mass is 9.64. The number of benzene rings is 2. The largest absolute Gasteiger partial charge is 0.335 e. The predicted octanol–water partition coefficient (Wildman–Crippen LogP) is 4.01. The topological polar surface area (TPSA) is 20.3 Å². The van der Waals surface area contributed by atoms with Crippen LogP contribution in [0.15, 0.2) is 60.7 Å². The van der Waals surface area contributed by atoms with Gasteiger partial charge in [0.05, 0.1) is 6.04 Å². The summed E-state index contributed by atoms with van der Waals surface area (Å²) in [5.41, 5.74) is 2.56. The van der Waals surface area contributed by atoms with Crippen LogP contribution in [0.3, 0.4) is 0 Å². The van der Waals surface area contributed by atoms with Gasteiger partial charge in [-0.05, 0) is 36.3 Å². The molecule has 1 aliphatic carbocycles. The van der Waals surface area contributed by atoms with Crippen LogP contribution < -0.4 is 0 Å². The summed E-state index contributed by atoms with van der Waals surface area (Å²) in [6.07, 6.45) is 1.15. The minimum atomic E-state index is 0.177. The first-order chi connectivity index (χ1) is 10.8. The van der Waals surface area contributed by atoms with Crippen LogP contribution in [-0.4, -0.2) is 17.4 Å². The molecule has 112 valence electrons. The highest BCUT2D eigenvalue weighted by atomic mass is 16.2. The molecule has 2 aromatic carbocycles. The second-order valence-electron chi connectivity index (χ2n) is 6.62. The quantitative estimate of drug-likeness (QED) is 0.836. The number of fused-ring (bicyclic) bond motifs is 1. The van der Waals surface area contributed by atoms with E-state index in [0.717, 1.165) is 13.0 Å². The van der Waals surface area contributed by atoms with Crippen molar-refractivity contribution in [3.63, 3.8) is 0 Å². The molecular formula is C20H21NO. The molecule has 0 spiro atoms. The van der Waals surface area contributed by atoms with Gasteiger partial charge in [-0.15, -0.1) is 0 Å². The lowest BCUT2D eigenvalue weighted by molar-refractivity contribution is -0.135. The van der Waals surface area contributed by atoms with E-state index in [0.29, 0.717) is 17.7 Å². The zero-order valence-electron chi connectivity index (χ0n) is 12.9. The molecule has 2 fully saturated rings. The molecule has 0 N–H and O–H groups in total. The van der Waals surface area contributed by atoms with Crippen molar-refractivity contribution in [1.82, 2.24) is 4.90 Å². The van der Waals surface area contributed by atoms with Gasteiger partial charge in [-0.1, -0.05) is 60.7 Å². The Kier molecular flexibility index (Phi) is 3.25. The van der Waals surface area contributed by atoms with Gasteiger partial charge in [-0.3, -0.25) is 4.79 Å². The Morgan fingerprint density at radius 2 is 1.64 bits per heavy atom. The first kappa shape index (κ1) is 13.6. The van der Waals surface area contributed by atoms with E-state index in [1.165, 1.54) is 11.1 Å². The van der Waals surface area contributed by atoms with E-state index in [4.69, 9.17) is 0 Å². The summed E-state index contributed by atoms with van der Waals surface area (Å²) in [6.45, 7) is 3.07. The summed E-state index contributed by atoms with van der Waals surface area (Å²) in [5.74, 6) is 1.52. The maximum atomic E-state index is 12.9. The second kappa shape index (κ2) is 5.28. The molecule has 2 aromatic rings. The van der Waals surface area contributed by atoms with Crippen molar-refractivity contribution >= 4 is 5.91 Å². The van der Waals surface area contributed by atoms with Gasteiger partial charge in [-0.2, -0.15) is 0 Å². The van der Waals surface area contributed by atoms with Crippen molar-refractivity contribution in [2.75, 3.05) is 6.54 Å². The zero-order valence-corrected chi connectivity index (χ0v) is 12.9. The molecule has 0 unspecified atom stereocenters. The first-order valence-corrected chi connectivity index (χ1v) is 8.16. The second-order valence-corrected chi connectivity index (χ2v) is 6.62. The van der Waals surface area contributed by atoms with Crippen molar-refractivity contribution in [3.05, 3.63) is 71.8 Å². The van der Waals surface area contributed by atoms with E-state index in [1.54, 1.807) is 0 Å². The number of amides is 1. The summed E-state index contributed by atoms with van der Waals surface area (Å²) in [7, 11) is 0. The molecule has 1 saturated carbocycles. The van der Waals surface area contributed by atoms with Gasteiger partial charge in [0.1, 0.15) is 0 Å². The lowest BCUT2D eigenvalue weighted by Gasteiger charge is -2.38. The minimum Gasteiger partial charge on any atom is -0.335 e. The third kappa shape index (κ3) is 2.06. The molecule has 1 saturated heterocycles. The number of carbonyl (C=O) groups is 1. The standard InChI is InChI=1S/C20H21NO/c1-14(15-8-4-2-5-9-15)21-13-17-12-18(19(17)20(21)22)16-10-6-3-7-11-16/h2-11,14,17-19H,12-13H2,1H3/t14-,17+,18+,19-/m0/s1. The van der Waals surface area contributed by atoms with Gasteiger partial charge in [-0.25, -0.2) is 0 Å². The van der Waals surface area contributed by atoms with E-state index in [1.807, 2.05) is 24.3 Å². The van der Waals surface area contributed by atoms with Gasteiger partial charge in [0, 0.05) is 12.5 Å². The van der Waals surface area contributed by atoms with Crippen LogP contribution in [0, 0.1) is 11.8 Å². The van der Waals surface area contributed by atoms with Gasteiger partial charge in [0.25, 0.3) is 0 Å². The molecule has 0 bridgehead atoms. The number of hydrogen-bond acceptors (Lipinski definition) is 1. The molecule has 0 radical (unpaired) electrons. The number of hydrogen-bond donors (Lipinski definition) is 0. The molecule has 1 heterocycles. The fourth-order valence-electron chi connectivity index (χ4n) is 4.15. The Hall–Kier alpha value is -2.09. The van der Waals surface area contributed by atoms with Gasteiger partial charge in [0.15, 0.2) is 0 Å². The molecular weight excluding hydrogens is 270 g/mol. The average Bonchev–Trinajstić information content (AvgIpc) is 2.79. The van der Waals surface area contributed by atoms with Crippen LogP contribution >= 0.6 is 0 Å². The van der Waals surface area contributed by atoms with Crippen LogP contribution in [0.25, 0.3) is 0 Å². The summed E-state index contributed by atoms with van der Waals surface area (Å²) >= 11 is 0. The highest BCUT2D eigenvalue weighted by molar-refractivity contribution is 5.84. The smallest absolute Gasteiger partial charge is 0.227 e. The number of likely N-dealkylation sites (tertiary alicyclic amines) is 1. The number of nitrogens with zero attached hydrogens (tertiary/aromatic N) is 1. The molecule has 2 heteroatoms. The third-order valence-corrected chi connectivity index (χ3v) is 5.47. The average molecular weight is 291 g/mol. The Labute approximate surface area is 131 Å². The van der Waals surface area contributed by atoms with Crippen molar-refractivity contribution in [2.24, 2.45) is 11.8 Å². The maximum absolute atomic E-state index is 12.9. The van der Waals surface area contributed by atoms with Gasteiger partial charge < -0.3 is 4.90 Å². The van der Waals surface area contributed by atoms with Crippen molar-refractivity contribution in [3.8, 4) is 0 Å². The van der Waals surface area contributed by atoms with Gasteiger partial charge >= 0.3 is 0 Å². The van der Waals surface area contributed by atoms with E-state index in [-0.39, 0.29) is 12.0 Å². The van der Waals surface area contributed by atoms with Gasteiger partial charge in [0.2, 0.25) is 5.91 Å². The van der Waals surface area contributed by atoms with E-state index < -0.39 is 0 Å². The minimum absolute atomic E-state index is 0.177. The summed E-state index contributed by atoms with van der Waals surface area (Å²) in [6, 6.07) is 21.1. The van der Waals surface area contributed by atoms with Crippen LogP contribution in [0.4, 0.5) is 0 Å². The molecule has 0 aromatic heterocycles. The highest BCUT2D eigenvalue weighted by Gasteiger charge is 2.54. The molecule has 22 heavy (non-hydrogen) atoms. The third-order valence-electron chi connectivity index (χ3n) is 5.47. The fraction of sp³-hybridized carbons (Fsp3) is 0.350. The highest BCUT2D eigenvalue weighted by Crippen LogP contribution is 2.53. The maximum Gasteiger partial charge on any atom is 0.227 e. The Balaban J connectivity index is 1.54. The predicted molar refractivity (Wildman–Crippen MR) is 87.4 cm³/mol. The van der Waals surface area contributed by atoms with Crippen molar-refractivity contribution < 1.29 is 4.79 Å². The zero-order chi connectivity index (χ0) is 15.1. The molecule has 4 rings (SSSR count).